The van der Waals surface area contributed by atoms with Crippen molar-refractivity contribution in [2.45, 2.75) is 85.0 Å². The maximum absolute atomic E-state index is 13.5. The van der Waals surface area contributed by atoms with Gasteiger partial charge in [0.2, 0.25) is 5.91 Å². The topological polar surface area (TPSA) is 84.9 Å². The number of alkyl carbamates (subject to hydrolysis) is 1. The largest absolute Gasteiger partial charge is 0.467 e. The van der Waals surface area contributed by atoms with E-state index in [1.807, 2.05) is 20.8 Å². The van der Waals surface area contributed by atoms with Gasteiger partial charge in [0.15, 0.2) is 0 Å². The molecule has 1 heterocycles. The van der Waals surface area contributed by atoms with Crippen LogP contribution in [0.25, 0.3) is 0 Å². The minimum Gasteiger partial charge on any atom is -0.467 e. The van der Waals surface area contributed by atoms with E-state index in [4.69, 9.17) is 9.47 Å². The number of nitrogens with zero attached hydrogens (tertiary/aromatic N) is 1. The van der Waals surface area contributed by atoms with Crippen molar-refractivity contribution in [1.29, 1.82) is 0 Å². The van der Waals surface area contributed by atoms with E-state index >= 15 is 0 Å². The quantitative estimate of drug-likeness (QED) is 0.759. The Morgan fingerprint density at radius 2 is 1.67 bits per heavy atom. The maximum Gasteiger partial charge on any atom is 0.408 e. The lowest BCUT2D eigenvalue weighted by molar-refractivity contribution is -0.158. The van der Waals surface area contributed by atoms with E-state index in [-0.39, 0.29) is 23.8 Å². The van der Waals surface area contributed by atoms with Gasteiger partial charge in [-0.2, -0.15) is 0 Å². The molecule has 0 aromatic rings. The molecule has 0 spiro atoms. The van der Waals surface area contributed by atoms with E-state index in [0.717, 1.165) is 12.8 Å². The Morgan fingerprint density at radius 3 is 2.15 bits per heavy atom. The summed E-state index contributed by atoms with van der Waals surface area (Å²) in [6.07, 6.45) is 1.03. The molecule has 1 N–H and O–H groups in total. The molecule has 2 bridgehead atoms. The normalized spacial score (nSPS) is 28.7. The Labute approximate surface area is 162 Å². The molecule has 27 heavy (non-hydrogen) atoms. The molecule has 0 aromatic carbocycles. The summed E-state index contributed by atoms with van der Waals surface area (Å²) in [6, 6.07) is -1.37. The highest BCUT2D eigenvalue weighted by Gasteiger charge is 2.56. The number of piperidine rings is 1. The van der Waals surface area contributed by atoms with E-state index in [0.29, 0.717) is 5.92 Å². The van der Waals surface area contributed by atoms with Crippen molar-refractivity contribution in [3.63, 3.8) is 0 Å². The van der Waals surface area contributed by atoms with E-state index < -0.39 is 29.2 Å². The zero-order valence-corrected chi connectivity index (χ0v) is 17.8. The number of nitrogens with one attached hydrogen (secondary N) is 1. The zero-order chi connectivity index (χ0) is 20.7. The molecule has 1 aliphatic heterocycles. The molecule has 7 nitrogen and oxygen atoms in total. The third kappa shape index (κ3) is 4.55. The van der Waals surface area contributed by atoms with Crippen molar-refractivity contribution in [1.82, 2.24) is 10.2 Å². The summed E-state index contributed by atoms with van der Waals surface area (Å²) < 4.78 is 10.3. The minimum absolute atomic E-state index is 0.00638. The predicted molar refractivity (Wildman–Crippen MR) is 101 cm³/mol. The standard InChI is InChI=1S/C20H34N2O5/c1-11-9-12-10-13(11)14(17(24)26-8)22(12)16(23)15(19(2,3)4)21-18(25)27-20(5,6)7/h11-15H,9-10H2,1-8H3,(H,21,25)/t11-,12+,13+,14-,15+/m0/s1. The molecule has 0 aromatic heterocycles. The van der Waals surface area contributed by atoms with Gasteiger partial charge in [0.25, 0.3) is 0 Å². The number of hydrogen-bond acceptors (Lipinski definition) is 5. The van der Waals surface area contributed by atoms with Crippen molar-refractivity contribution in [2.75, 3.05) is 7.11 Å². The van der Waals surface area contributed by atoms with Crippen molar-refractivity contribution >= 4 is 18.0 Å². The van der Waals surface area contributed by atoms with Crippen molar-refractivity contribution in [2.24, 2.45) is 17.3 Å². The van der Waals surface area contributed by atoms with E-state index in [2.05, 4.69) is 12.2 Å². The van der Waals surface area contributed by atoms with Crippen LogP contribution in [-0.2, 0) is 19.1 Å². The molecule has 1 saturated heterocycles. The fourth-order valence-corrected chi connectivity index (χ4v) is 4.30. The van der Waals surface area contributed by atoms with Crippen LogP contribution in [0.15, 0.2) is 0 Å². The molecule has 2 aliphatic rings. The number of rotatable bonds is 3. The van der Waals surface area contributed by atoms with Gasteiger partial charge in [0.05, 0.1) is 7.11 Å². The highest BCUT2D eigenvalue weighted by molar-refractivity contribution is 5.91. The second-order valence-electron chi connectivity index (χ2n) is 9.93. The number of carbonyl (C=O) groups is 3. The fourth-order valence-electron chi connectivity index (χ4n) is 4.30. The van der Waals surface area contributed by atoms with Gasteiger partial charge in [-0.25, -0.2) is 9.59 Å². The number of fused-ring (bicyclic) bond motifs is 2. The van der Waals surface area contributed by atoms with Gasteiger partial charge in [0.1, 0.15) is 17.7 Å². The number of likely N-dealkylation sites (tertiary alicyclic amines) is 1. The van der Waals surface area contributed by atoms with Crippen LogP contribution in [0.3, 0.4) is 0 Å². The average Bonchev–Trinajstić information content (AvgIpc) is 3.05. The molecule has 2 fully saturated rings. The van der Waals surface area contributed by atoms with Gasteiger partial charge in [-0.1, -0.05) is 27.7 Å². The van der Waals surface area contributed by atoms with Crippen LogP contribution in [0.5, 0.6) is 0 Å². The van der Waals surface area contributed by atoms with Crippen LogP contribution in [0, 0.1) is 17.3 Å². The van der Waals surface area contributed by atoms with Gasteiger partial charge in [0, 0.05) is 6.04 Å². The van der Waals surface area contributed by atoms with Crippen LogP contribution in [0.2, 0.25) is 0 Å². The lowest BCUT2D eigenvalue weighted by Gasteiger charge is -2.41. The van der Waals surface area contributed by atoms with Gasteiger partial charge >= 0.3 is 12.1 Å². The Morgan fingerprint density at radius 1 is 1.07 bits per heavy atom. The summed E-state index contributed by atoms with van der Waals surface area (Å²) in [4.78, 5) is 39.9. The summed E-state index contributed by atoms with van der Waals surface area (Å²) in [5, 5.41) is 2.73. The smallest absolute Gasteiger partial charge is 0.408 e. The van der Waals surface area contributed by atoms with Gasteiger partial charge in [-0.05, 0) is 50.9 Å². The molecule has 1 saturated carbocycles. The van der Waals surface area contributed by atoms with E-state index in [1.54, 1.807) is 25.7 Å². The molecule has 5 atom stereocenters. The van der Waals surface area contributed by atoms with E-state index in [9.17, 15) is 14.4 Å². The Kier molecular flexibility index (Phi) is 5.83. The van der Waals surface area contributed by atoms with E-state index in [1.165, 1.54) is 7.11 Å². The van der Waals surface area contributed by atoms with Crippen molar-refractivity contribution in [3.05, 3.63) is 0 Å². The summed E-state index contributed by atoms with van der Waals surface area (Å²) in [5.74, 6) is -0.154. The highest BCUT2D eigenvalue weighted by atomic mass is 16.6. The molecule has 7 heteroatoms. The maximum atomic E-state index is 13.5. The van der Waals surface area contributed by atoms with Crippen molar-refractivity contribution in [3.8, 4) is 0 Å². The first-order valence-electron chi connectivity index (χ1n) is 9.65. The fraction of sp³-hybridized carbons (Fsp3) is 0.850. The summed E-state index contributed by atoms with van der Waals surface area (Å²) >= 11 is 0. The third-order valence-electron chi connectivity index (χ3n) is 5.49. The number of methoxy groups -OCH3 is 1. The number of amides is 2. The second-order valence-corrected chi connectivity index (χ2v) is 9.93. The number of esters is 1. The highest BCUT2D eigenvalue weighted by Crippen LogP contribution is 2.47. The Balaban J connectivity index is 2.27. The molecule has 0 radical (unpaired) electrons. The molecular weight excluding hydrogens is 348 g/mol. The van der Waals surface area contributed by atoms with Gasteiger partial charge < -0.3 is 19.7 Å². The zero-order valence-electron chi connectivity index (χ0n) is 17.8. The SMILES string of the molecule is COC(=O)[C@@H]1[C@@H]2C[C@@H](C[C@@H]2C)N1C(=O)[C@@H](NC(=O)OC(C)(C)C)C(C)(C)C. The third-order valence-corrected chi connectivity index (χ3v) is 5.49. The predicted octanol–water partition coefficient (Wildman–Crippen LogP) is 2.72. The molecule has 0 unspecified atom stereocenters. The van der Waals surface area contributed by atoms with Gasteiger partial charge in [-0.15, -0.1) is 0 Å². The Hall–Kier alpha value is -1.79. The second kappa shape index (κ2) is 7.32. The molecular formula is C20H34N2O5. The summed E-state index contributed by atoms with van der Waals surface area (Å²) in [5.41, 5.74) is -1.20. The lowest BCUT2D eigenvalue weighted by Crippen LogP contribution is -2.60. The molecule has 154 valence electrons. The molecule has 2 amide bonds. The average molecular weight is 383 g/mol. The summed E-state index contributed by atoms with van der Waals surface area (Å²) in [6.45, 7) is 13.1. The number of ether oxygens (including phenoxy) is 2. The molecule has 1 aliphatic carbocycles. The van der Waals surface area contributed by atoms with Crippen LogP contribution in [0.1, 0.15) is 61.3 Å². The van der Waals surface area contributed by atoms with Crippen LogP contribution >= 0.6 is 0 Å². The number of hydrogen-bond donors (Lipinski definition) is 1. The Bertz CT molecular complexity index is 604. The van der Waals surface area contributed by atoms with Crippen molar-refractivity contribution < 1.29 is 23.9 Å². The monoisotopic (exact) mass is 382 g/mol. The number of carbonyl (C=O) groups excluding carboxylic acids is 3. The molecule has 2 rings (SSSR count). The van der Waals surface area contributed by atoms with Gasteiger partial charge in [-0.3, -0.25) is 4.79 Å². The first-order valence-corrected chi connectivity index (χ1v) is 9.65. The first-order chi connectivity index (χ1) is 12.3. The summed E-state index contributed by atoms with van der Waals surface area (Å²) in [7, 11) is 1.35. The van der Waals surface area contributed by atoms with Crippen LogP contribution < -0.4 is 5.32 Å². The van der Waals surface area contributed by atoms with Crippen LogP contribution in [-0.4, -0.2) is 53.7 Å². The lowest BCUT2D eigenvalue weighted by atomic mass is 9.84. The first kappa shape index (κ1) is 21.5. The minimum atomic E-state index is -0.797. The van der Waals surface area contributed by atoms with Crippen LogP contribution in [0.4, 0.5) is 4.79 Å².